The lowest BCUT2D eigenvalue weighted by Crippen LogP contribution is -2.43. The van der Waals surface area contributed by atoms with Gasteiger partial charge in [-0.1, -0.05) is 12.1 Å². The van der Waals surface area contributed by atoms with Crippen molar-refractivity contribution in [2.24, 2.45) is 10.3 Å². The molecule has 23 heavy (non-hydrogen) atoms. The van der Waals surface area contributed by atoms with Crippen LogP contribution in [0.5, 0.6) is 0 Å². The largest absolute Gasteiger partial charge is 0.349 e. The lowest BCUT2D eigenvalue weighted by molar-refractivity contribution is -0.132. The number of amidine groups is 1. The highest BCUT2D eigenvalue weighted by Gasteiger charge is 2.34. The quantitative estimate of drug-likeness (QED) is 0.832. The molecule has 1 heterocycles. The maximum Gasteiger partial charge on any atom is 0.285 e. The molecule has 0 spiro atoms. The van der Waals surface area contributed by atoms with E-state index < -0.39 is 10.0 Å². The molecule has 0 saturated heterocycles. The van der Waals surface area contributed by atoms with Gasteiger partial charge in [0.15, 0.2) is 5.84 Å². The van der Waals surface area contributed by atoms with Gasteiger partial charge in [0.25, 0.3) is 10.0 Å². The number of sulfonamides is 1. The van der Waals surface area contributed by atoms with E-state index in [-0.39, 0.29) is 23.4 Å². The molecule has 1 fully saturated rings. The molecule has 1 unspecified atom stereocenters. The minimum absolute atomic E-state index is 0.0311. The fourth-order valence-electron chi connectivity index (χ4n) is 2.88. The second-order valence-electron chi connectivity index (χ2n) is 6.32. The lowest BCUT2D eigenvalue weighted by Gasteiger charge is -2.28. The number of fused-ring (bicyclic) bond motifs is 1. The number of benzene rings is 1. The Morgan fingerprint density at radius 2 is 1.96 bits per heavy atom. The molecule has 1 aromatic rings. The van der Waals surface area contributed by atoms with Crippen molar-refractivity contribution in [1.82, 2.24) is 9.80 Å². The summed E-state index contributed by atoms with van der Waals surface area (Å²) in [5.74, 6) is 0.900. The van der Waals surface area contributed by atoms with Crippen LogP contribution in [0.1, 0.15) is 25.3 Å². The summed E-state index contributed by atoms with van der Waals surface area (Å²) in [6.07, 6.45) is 2.35. The fraction of sp³-hybridized carbons (Fsp3) is 0.500. The number of hydrogen-bond donors (Lipinski definition) is 0. The average Bonchev–Trinajstić information content (AvgIpc) is 3.32. The van der Waals surface area contributed by atoms with Crippen LogP contribution < -0.4 is 0 Å². The van der Waals surface area contributed by atoms with Crippen molar-refractivity contribution in [3.05, 3.63) is 29.8 Å². The van der Waals surface area contributed by atoms with E-state index in [1.54, 1.807) is 42.1 Å². The molecule has 1 aliphatic heterocycles. The molecule has 1 saturated carbocycles. The first-order valence-electron chi connectivity index (χ1n) is 7.72. The van der Waals surface area contributed by atoms with E-state index in [2.05, 4.69) is 11.3 Å². The first-order valence-corrected chi connectivity index (χ1v) is 9.16. The molecule has 124 valence electrons. The van der Waals surface area contributed by atoms with E-state index in [0.29, 0.717) is 17.3 Å². The second kappa shape index (κ2) is 5.63. The van der Waals surface area contributed by atoms with Crippen LogP contribution in [0.25, 0.3) is 0 Å². The van der Waals surface area contributed by atoms with Crippen LogP contribution in [0.15, 0.2) is 33.6 Å². The monoisotopic (exact) mass is 335 g/mol. The Bertz CT molecular complexity index is 769. The third kappa shape index (κ3) is 2.97. The van der Waals surface area contributed by atoms with Gasteiger partial charge in [0.2, 0.25) is 5.91 Å². The van der Waals surface area contributed by atoms with E-state index in [1.807, 2.05) is 0 Å². The van der Waals surface area contributed by atoms with Gasteiger partial charge in [-0.3, -0.25) is 4.79 Å². The molecule has 1 aromatic carbocycles. The highest BCUT2D eigenvalue weighted by atomic mass is 32.2. The Labute approximate surface area is 136 Å². The number of amides is 1. The van der Waals surface area contributed by atoms with Gasteiger partial charge in [0, 0.05) is 25.7 Å². The molecule has 1 atom stereocenters. The van der Waals surface area contributed by atoms with Gasteiger partial charge in [0.1, 0.15) is 4.90 Å². The van der Waals surface area contributed by atoms with Crippen LogP contribution in [-0.2, 0) is 14.8 Å². The van der Waals surface area contributed by atoms with Crippen molar-refractivity contribution < 1.29 is 13.2 Å². The molecular weight excluding hydrogens is 314 g/mol. The smallest absolute Gasteiger partial charge is 0.285 e. The highest BCUT2D eigenvalue weighted by Crippen LogP contribution is 2.34. The minimum atomic E-state index is -3.65. The predicted molar refractivity (Wildman–Crippen MR) is 87.8 cm³/mol. The number of likely N-dealkylation sites (N-methyl/N-ethyl adjacent to an activating group) is 2. The summed E-state index contributed by atoms with van der Waals surface area (Å²) < 4.78 is 28.0. The summed E-state index contributed by atoms with van der Waals surface area (Å²) in [4.78, 5) is 16.0. The van der Waals surface area contributed by atoms with Gasteiger partial charge in [-0.15, -0.1) is 4.40 Å². The van der Waals surface area contributed by atoms with Gasteiger partial charge < -0.3 is 9.80 Å². The van der Waals surface area contributed by atoms with Crippen LogP contribution in [-0.4, -0.2) is 56.6 Å². The summed E-state index contributed by atoms with van der Waals surface area (Å²) in [5, 5.41) is 0. The van der Waals surface area contributed by atoms with Gasteiger partial charge in [-0.25, -0.2) is 0 Å². The molecule has 0 bridgehead atoms. The molecule has 1 amide bonds. The van der Waals surface area contributed by atoms with Gasteiger partial charge >= 0.3 is 0 Å². The van der Waals surface area contributed by atoms with Crippen molar-refractivity contribution in [2.75, 3.05) is 20.6 Å². The van der Waals surface area contributed by atoms with E-state index in [1.165, 1.54) is 18.9 Å². The normalized spacial score (nSPS) is 19.7. The number of hydrogen-bond acceptors (Lipinski definition) is 4. The Morgan fingerprint density at radius 3 is 2.61 bits per heavy atom. The van der Waals surface area contributed by atoms with E-state index in [9.17, 15) is 13.2 Å². The molecule has 1 aliphatic carbocycles. The van der Waals surface area contributed by atoms with Crippen molar-refractivity contribution in [3.63, 3.8) is 0 Å². The summed E-state index contributed by atoms with van der Waals surface area (Å²) in [6.45, 7) is 2.17. The van der Waals surface area contributed by atoms with Crippen LogP contribution >= 0.6 is 0 Å². The number of carbonyl (C=O) groups excluding carboxylic acids is 1. The number of rotatable bonds is 4. The Morgan fingerprint density at radius 1 is 1.30 bits per heavy atom. The van der Waals surface area contributed by atoms with Crippen LogP contribution in [0.4, 0.5) is 0 Å². The molecule has 6 nitrogen and oxygen atoms in total. The standard InChI is InChI=1S/C16H21N3O3S/c1-11(12-8-9-12)19(3)15(20)10-18(2)16-13-6-4-5-7-14(13)23(21,22)17-16/h4-7,11-12H,8-10H2,1-3H3. The van der Waals surface area contributed by atoms with Crippen molar-refractivity contribution >= 4 is 21.8 Å². The third-order valence-corrected chi connectivity index (χ3v) is 5.98. The Balaban J connectivity index is 1.76. The van der Waals surface area contributed by atoms with Gasteiger partial charge in [-0.2, -0.15) is 8.42 Å². The highest BCUT2D eigenvalue weighted by molar-refractivity contribution is 7.90. The Kier molecular flexibility index (Phi) is 3.91. The van der Waals surface area contributed by atoms with Crippen molar-refractivity contribution in [2.45, 2.75) is 30.7 Å². The molecular formula is C16H21N3O3S. The molecule has 7 heteroatoms. The Hall–Kier alpha value is -1.89. The zero-order valence-electron chi connectivity index (χ0n) is 13.6. The van der Waals surface area contributed by atoms with Crippen molar-refractivity contribution in [3.8, 4) is 0 Å². The maximum absolute atomic E-state index is 12.4. The zero-order valence-corrected chi connectivity index (χ0v) is 14.4. The van der Waals surface area contributed by atoms with E-state index in [4.69, 9.17) is 0 Å². The summed E-state index contributed by atoms with van der Waals surface area (Å²) in [6, 6.07) is 6.92. The fourth-order valence-corrected chi connectivity index (χ4v) is 4.13. The minimum Gasteiger partial charge on any atom is -0.349 e. The summed E-state index contributed by atoms with van der Waals surface area (Å²) in [7, 11) is -0.150. The van der Waals surface area contributed by atoms with Crippen molar-refractivity contribution in [1.29, 1.82) is 0 Å². The molecule has 3 rings (SSSR count). The summed E-state index contributed by atoms with van der Waals surface area (Å²) >= 11 is 0. The van der Waals surface area contributed by atoms with Gasteiger partial charge in [0.05, 0.1) is 6.54 Å². The van der Waals surface area contributed by atoms with Crippen LogP contribution in [0.2, 0.25) is 0 Å². The van der Waals surface area contributed by atoms with Gasteiger partial charge in [-0.05, 0) is 37.8 Å². The topological polar surface area (TPSA) is 70.1 Å². The zero-order chi connectivity index (χ0) is 16.8. The average molecular weight is 335 g/mol. The molecule has 2 aliphatic rings. The number of nitrogens with zero attached hydrogens (tertiary/aromatic N) is 3. The SMILES string of the molecule is CC(C1CC1)N(C)C(=O)CN(C)C1=NS(=O)(=O)c2ccccc21. The third-order valence-electron chi connectivity index (χ3n) is 4.66. The first kappa shape index (κ1) is 16.0. The predicted octanol–water partition coefficient (Wildman–Crippen LogP) is 1.32. The molecule has 0 aromatic heterocycles. The molecule has 0 N–H and O–H groups in total. The van der Waals surface area contributed by atoms with Crippen LogP contribution in [0.3, 0.4) is 0 Å². The molecule has 0 radical (unpaired) electrons. The lowest BCUT2D eigenvalue weighted by atomic mass is 10.2. The maximum atomic E-state index is 12.4. The van der Waals surface area contributed by atoms with E-state index in [0.717, 1.165) is 0 Å². The number of carbonyl (C=O) groups is 1. The summed E-state index contributed by atoms with van der Waals surface area (Å²) in [5.41, 5.74) is 0.556. The second-order valence-corrected chi connectivity index (χ2v) is 7.90. The van der Waals surface area contributed by atoms with E-state index >= 15 is 0 Å². The first-order chi connectivity index (χ1) is 10.8. The van der Waals surface area contributed by atoms with Crippen LogP contribution in [0, 0.1) is 5.92 Å².